The van der Waals surface area contributed by atoms with E-state index < -0.39 is 0 Å². The Labute approximate surface area is 120 Å². The number of benzene rings is 1. The fourth-order valence-corrected chi connectivity index (χ4v) is 1.43. The second-order valence-corrected chi connectivity index (χ2v) is 3.84. The molecule has 0 N–H and O–H groups in total. The number of hydrogen-bond acceptors (Lipinski definition) is 4. The summed E-state index contributed by atoms with van der Waals surface area (Å²) in [6.45, 7) is 1.80. The van der Waals surface area contributed by atoms with Crippen LogP contribution in [0.15, 0.2) is 42.5 Å². The van der Waals surface area contributed by atoms with Gasteiger partial charge in [-0.2, -0.15) is 9.59 Å². The molecule has 4 nitrogen and oxygen atoms in total. The highest BCUT2D eigenvalue weighted by Gasteiger charge is 2.03. The van der Waals surface area contributed by atoms with E-state index in [1.807, 2.05) is 0 Å². The number of Topliss-reactive ketones (excluding diaryl/α,β-unsaturated/α-hetero) is 1. The molecular formula is C16H10FNO3. The van der Waals surface area contributed by atoms with Crippen LogP contribution in [-0.4, -0.2) is 16.9 Å². The van der Waals surface area contributed by atoms with Gasteiger partial charge in [-0.1, -0.05) is 18.1 Å². The van der Waals surface area contributed by atoms with Crippen LogP contribution in [0.25, 0.3) is 0 Å². The second kappa shape index (κ2) is 8.16. The first-order valence-corrected chi connectivity index (χ1v) is 5.81. The molecule has 0 bridgehead atoms. The van der Waals surface area contributed by atoms with Gasteiger partial charge in [0, 0.05) is 11.3 Å². The van der Waals surface area contributed by atoms with Crippen LogP contribution in [0, 0.1) is 24.6 Å². The number of carbonyl (C=O) groups is 1. The molecule has 5 heteroatoms. The summed E-state index contributed by atoms with van der Waals surface area (Å²) in [6.07, 6.45) is 0.250. The summed E-state index contributed by atoms with van der Waals surface area (Å²) < 4.78 is 12.9. The smallest absolute Gasteiger partial charge is 0.277 e. The van der Waals surface area contributed by atoms with Crippen LogP contribution < -0.4 is 0 Å². The number of carbonyl (C=O) groups excluding carboxylic acids is 3. The van der Waals surface area contributed by atoms with Crippen LogP contribution in [0.3, 0.4) is 0 Å². The predicted molar refractivity (Wildman–Crippen MR) is 71.6 cm³/mol. The van der Waals surface area contributed by atoms with E-state index in [9.17, 15) is 9.18 Å². The Hall–Kier alpha value is -3.09. The lowest BCUT2D eigenvalue weighted by Gasteiger charge is -1.94. The zero-order valence-electron chi connectivity index (χ0n) is 11.1. The first-order valence-electron chi connectivity index (χ1n) is 5.81. The SMILES string of the molecule is Cc1cccc(C(=O)C#Cc2cccc(F)c2)n1.O=C=O. The van der Waals surface area contributed by atoms with Gasteiger partial charge in [0.25, 0.3) is 5.78 Å². The largest absolute Gasteiger partial charge is 0.373 e. The van der Waals surface area contributed by atoms with Crippen LogP contribution >= 0.6 is 0 Å². The van der Waals surface area contributed by atoms with Gasteiger partial charge in [0.2, 0.25) is 0 Å². The normalized spacial score (nSPS) is 8.48. The number of halogens is 1. The molecule has 2 aromatic rings. The minimum atomic E-state index is -0.372. The molecule has 21 heavy (non-hydrogen) atoms. The molecule has 1 aromatic carbocycles. The number of aromatic nitrogens is 1. The molecule has 0 radical (unpaired) electrons. The van der Waals surface area contributed by atoms with Gasteiger partial charge in [0.05, 0.1) is 0 Å². The molecule has 0 aliphatic rings. The molecule has 0 unspecified atom stereocenters. The third kappa shape index (κ3) is 5.60. The molecular weight excluding hydrogens is 273 g/mol. The molecule has 0 saturated carbocycles. The highest BCUT2D eigenvalue weighted by molar-refractivity contribution is 6.08. The van der Waals surface area contributed by atoms with Crippen molar-refractivity contribution in [1.29, 1.82) is 0 Å². The Bertz CT molecular complexity index is 738. The van der Waals surface area contributed by atoms with Crippen molar-refractivity contribution in [2.24, 2.45) is 0 Å². The van der Waals surface area contributed by atoms with Crippen molar-refractivity contribution >= 4 is 11.9 Å². The topological polar surface area (TPSA) is 64.1 Å². The van der Waals surface area contributed by atoms with Crippen molar-refractivity contribution in [1.82, 2.24) is 4.98 Å². The molecule has 2 rings (SSSR count). The maximum atomic E-state index is 12.9. The van der Waals surface area contributed by atoms with Gasteiger partial charge in [-0.15, -0.1) is 0 Å². The lowest BCUT2D eigenvalue weighted by molar-refractivity contribution is -0.191. The molecule has 0 saturated heterocycles. The van der Waals surface area contributed by atoms with E-state index in [2.05, 4.69) is 16.8 Å². The fourth-order valence-electron chi connectivity index (χ4n) is 1.43. The van der Waals surface area contributed by atoms with Gasteiger partial charge in [-0.3, -0.25) is 4.79 Å². The quantitative estimate of drug-likeness (QED) is 0.594. The third-order valence-electron chi connectivity index (χ3n) is 2.27. The number of aryl methyl sites for hydroxylation is 1. The number of hydrogen-bond donors (Lipinski definition) is 0. The summed E-state index contributed by atoms with van der Waals surface area (Å²) in [7, 11) is 0. The van der Waals surface area contributed by atoms with E-state index in [1.165, 1.54) is 12.1 Å². The molecule has 104 valence electrons. The van der Waals surface area contributed by atoms with Crippen molar-refractivity contribution in [3.8, 4) is 11.8 Å². The lowest BCUT2D eigenvalue weighted by atomic mass is 10.2. The van der Waals surface area contributed by atoms with Crippen LogP contribution in [0.4, 0.5) is 4.39 Å². The van der Waals surface area contributed by atoms with Crippen molar-refractivity contribution in [2.45, 2.75) is 6.92 Å². The zero-order chi connectivity index (χ0) is 15.7. The minimum absolute atomic E-state index is 0.250. The summed E-state index contributed by atoms with van der Waals surface area (Å²) in [5.41, 5.74) is 1.53. The maximum absolute atomic E-state index is 12.9. The molecule has 0 fully saturated rings. The van der Waals surface area contributed by atoms with Crippen LogP contribution in [0.1, 0.15) is 21.7 Å². The Balaban J connectivity index is 0.000000677. The minimum Gasteiger partial charge on any atom is -0.277 e. The van der Waals surface area contributed by atoms with E-state index in [0.29, 0.717) is 11.3 Å². The van der Waals surface area contributed by atoms with Gasteiger partial charge in [0.15, 0.2) is 0 Å². The van der Waals surface area contributed by atoms with Crippen molar-refractivity contribution in [3.63, 3.8) is 0 Å². The average molecular weight is 283 g/mol. The summed E-state index contributed by atoms with van der Waals surface area (Å²) >= 11 is 0. The molecule has 0 aliphatic heterocycles. The zero-order valence-corrected chi connectivity index (χ0v) is 11.1. The summed E-state index contributed by atoms with van der Waals surface area (Å²) in [5.74, 6) is 4.33. The highest BCUT2D eigenvalue weighted by atomic mass is 19.1. The first kappa shape index (κ1) is 16.0. The van der Waals surface area contributed by atoms with Gasteiger partial charge in [0.1, 0.15) is 11.5 Å². The fraction of sp³-hybridized carbons (Fsp3) is 0.0625. The molecule has 0 spiro atoms. The monoisotopic (exact) mass is 283 g/mol. The van der Waals surface area contributed by atoms with Crippen molar-refractivity contribution < 1.29 is 18.8 Å². The Morgan fingerprint density at radius 1 is 1.14 bits per heavy atom. The Morgan fingerprint density at radius 3 is 2.43 bits per heavy atom. The number of ketones is 1. The Kier molecular flexibility index (Phi) is 6.20. The standard InChI is InChI=1S/C15H10FNO.CO2/c1-11-4-2-7-14(17-11)15(18)9-8-12-5-3-6-13(16)10-12;2-1-3/h2-7,10H,1H3;. The summed E-state index contributed by atoms with van der Waals surface area (Å²) in [4.78, 5) is 32.1. The first-order chi connectivity index (χ1) is 10.1. The lowest BCUT2D eigenvalue weighted by Crippen LogP contribution is -1.99. The average Bonchev–Trinajstić information content (AvgIpc) is 2.46. The van der Waals surface area contributed by atoms with Crippen LogP contribution in [0.5, 0.6) is 0 Å². The molecule has 1 aromatic heterocycles. The van der Waals surface area contributed by atoms with Crippen molar-refractivity contribution in [2.75, 3.05) is 0 Å². The van der Waals surface area contributed by atoms with Gasteiger partial charge in [-0.05, 0) is 43.2 Å². The maximum Gasteiger partial charge on any atom is 0.373 e. The molecule has 0 atom stereocenters. The van der Waals surface area contributed by atoms with Crippen molar-refractivity contribution in [3.05, 3.63) is 65.2 Å². The highest BCUT2D eigenvalue weighted by Crippen LogP contribution is 2.02. The third-order valence-corrected chi connectivity index (χ3v) is 2.27. The number of rotatable bonds is 1. The molecule has 0 amide bonds. The van der Waals surface area contributed by atoms with E-state index in [4.69, 9.17) is 9.59 Å². The van der Waals surface area contributed by atoms with Gasteiger partial charge < -0.3 is 0 Å². The van der Waals surface area contributed by atoms with E-state index in [1.54, 1.807) is 37.3 Å². The Morgan fingerprint density at radius 2 is 1.81 bits per heavy atom. The number of nitrogens with zero attached hydrogens (tertiary/aromatic N) is 1. The van der Waals surface area contributed by atoms with E-state index in [0.717, 1.165) is 5.69 Å². The van der Waals surface area contributed by atoms with E-state index >= 15 is 0 Å². The molecule has 0 aliphatic carbocycles. The van der Waals surface area contributed by atoms with E-state index in [-0.39, 0.29) is 17.8 Å². The number of pyridine rings is 1. The summed E-state index contributed by atoms with van der Waals surface area (Å²) in [6, 6.07) is 11.0. The van der Waals surface area contributed by atoms with Crippen LogP contribution in [-0.2, 0) is 9.59 Å². The summed E-state index contributed by atoms with van der Waals surface area (Å²) in [5, 5.41) is 0. The predicted octanol–water partition coefficient (Wildman–Crippen LogP) is 2.18. The molecule has 1 heterocycles. The van der Waals surface area contributed by atoms with Gasteiger partial charge in [-0.25, -0.2) is 9.37 Å². The van der Waals surface area contributed by atoms with Gasteiger partial charge >= 0.3 is 6.15 Å². The second-order valence-electron chi connectivity index (χ2n) is 3.84. The van der Waals surface area contributed by atoms with Crippen LogP contribution in [0.2, 0.25) is 0 Å².